The lowest BCUT2D eigenvalue weighted by Gasteiger charge is -2.12. The largest absolute Gasteiger partial charge is 0.495 e. The van der Waals surface area contributed by atoms with Crippen LogP contribution in [0.2, 0.25) is 0 Å². The minimum absolute atomic E-state index is 0.884. The van der Waals surface area contributed by atoms with E-state index < -0.39 is 0 Å². The van der Waals surface area contributed by atoms with Crippen LogP contribution in [0.25, 0.3) is 43.4 Å². The topological polar surface area (TPSA) is 39.2 Å². The van der Waals surface area contributed by atoms with Gasteiger partial charge >= 0.3 is 0 Å². The van der Waals surface area contributed by atoms with Gasteiger partial charge in [0.15, 0.2) is 0 Å². The van der Waals surface area contributed by atoms with E-state index in [9.17, 15) is 0 Å². The normalized spacial score (nSPS) is 11.2. The minimum atomic E-state index is 0.884. The van der Waals surface area contributed by atoms with E-state index in [1.165, 1.54) is 54.8 Å². The number of nitrogens with one attached hydrogen (secondary N) is 1. The Bertz CT molecular complexity index is 1960. The van der Waals surface area contributed by atoms with Gasteiger partial charge in [-0.2, -0.15) is 0 Å². The molecule has 0 atom stereocenters. The number of aromatic amines is 1. The Morgan fingerprint density at radius 1 is 0.610 bits per heavy atom. The van der Waals surface area contributed by atoms with Crippen LogP contribution < -0.4 is 9.47 Å². The van der Waals surface area contributed by atoms with Crippen molar-refractivity contribution in [2.24, 2.45) is 0 Å². The molecular weight excluding hydrogens is 504 g/mol. The molecule has 5 aromatic carbocycles. The first-order valence-corrected chi connectivity index (χ1v) is 14.3. The molecule has 2 aromatic heterocycles. The second-order valence-corrected chi connectivity index (χ2v) is 10.4. The third-order valence-corrected chi connectivity index (χ3v) is 7.96. The molecule has 0 saturated heterocycles. The molecule has 4 nitrogen and oxygen atoms in total. The molecule has 0 amide bonds. The first kappa shape index (κ1) is 26.5. The fourth-order valence-corrected chi connectivity index (χ4v) is 5.91. The van der Waals surface area contributed by atoms with Gasteiger partial charge in [0, 0.05) is 45.0 Å². The maximum absolute atomic E-state index is 5.79. The quantitative estimate of drug-likeness (QED) is 0.228. The average Bonchev–Trinajstić information content (AvgIpc) is 3.60. The summed E-state index contributed by atoms with van der Waals surface area (Å²) in [4.78, 5) is 3.43. The number of ether oxygens (including phenoxy) is 2. The van der Waals surface area contributed by atoms with Gasteiger partial charge in [0.1, 0.15) is 11.5 Å². The SMILES string of the molecule is CCc1cc2c(OC)c3ccccc3cc2[nH]1.CCc1cc2c(OC)c3ccccc3cc2n1Cc1ccccc1. The summed E-state index contributed by atoms with van der Waals surface area (Å²) in [6, 6.07) is 36.3. The van der Waals surface area contributed by atoms with Crippen molar-refractivity contribution in [2.45, 2.75) is 33.2 Å². The van der Waals surface area contributed by atoms with Crippen LogP contribution in [0, 0.1) is 0 Å². The highest BCUT2D eigenvalue weighted by Gasteiger charge is 2.15. The molecule has 2 heterocycles. The number of hydrogen-bond donors (Lipinski definition) is 1. The van der Waals surface area contributed by atoms with Gasteiger partial charge in [0.2, 0.25) is 0 Å². The second-order valence-electron chi connectivity index (χ2n) is 10.4. The summed E-state index contributed by atoms with van der Waals surface area (Å²) < 4.78 is 13.8. The van der Waals surface area contributed by atoms with Gasteiger partial charge in [-0.25, -0.2) is 0 Å². The summed E-state index contributed by atoms with van der Waals surface area (Å²) in [6.07, 6.45) is 2.01. The van der Waals surface area contributed by atoms with Crippen LogP contribution in [0.3, 0.4) is 0 Å². The fraction of sp³-hybridized carbons (Fsp3) is 0.189. The molecule has 0 bridgehead atoms. The third-order valence-electron chi connectivity index (χ3n) is 7.96. The lowest BCUT2D eigenvalue weighted by atomic mass is 10.1. The Labute approximate surface area is 241 Å². The predicted molar refractivity (Wildman–Crippen MR) is 173 cm³/mol. The Balaban J connectivity index is 0.000000156. The molecule has 7 aromatic rings. The smallest absolute Gasteiger partial charge is 0.136 e. The van der Waals surface area contributed by atoms with Gasteiger partial charge in [0.05, 0.1) is 19.7 Å². The summed E-state index contributed by atoms with van der Waals surface area (Å²) in [5.74, 6) is 1.94. The van der Waals surface area contributed by atoms with Crippen molar-refractivity contribution < 1.29 is 9.47 Å². The van der Waals surface area contributed by atoms with Crippen LogP contribution in [-0.4, -0.2) is 23.8 Å². The van der Waals surface area contributed by atoms with Gasteiger partial charge < -0.3 is 19.0 Å². The van der Waals surface area contributed by atoms with E-state index >= 15 is 0 Å². The standard InChI is InChI=1S/C22H21NO.C15H15NO/c1-3-18-14-20-21(23(18)15-16-9-5-4-6-10-16)13-17-11-7-8-12-19(17)22(20)24-2;1-3-11-9-13-14(16-11)8-10-6-4-5-7-12(10)15(13)17-2/h4-14H,3,15H2,1-2H3;4-9,16H,3H2,1-2H3. The van der Waals surface area contributed by atoms with E-state index in [0.717, 1.165) is 36.4 Å². The molecule has 0 radical (unpaired) electrons. The molecule has 0 aliphatic carbocycles. The number of hydrogen-bond acceptors (Lipinski definition) is 2. The zero-order chi connectivity index (χ0) is 28.3. The molecule has 41 heavy (non-hydrogen) atoms. The van der Waals surface area contributed by atoms with Crippen LogP contribution in [0.1, 0.15) is 30.8 Å². The van der Waals surface area contributed by atoms with Crippen molar-refractivity contribution in [1.82, 2.24) is 9.55 Å². The molecule has 0 aliphatic rings. The lowest BCUT2D eigenvalue weighted by Crippen LogP contribution is -2.03. The van der Waals surface area contributed by atoms with Crippen LogP contribution in [-0.2, 0) is 19.4 Å². The van der Waals surface area contributed by atoms with Crippen molar-refractivity contribution in [3.05, 3.63) is 120 Å². The molecule has 0 saturated carbocycles. The van der Waals surface area contributed by atoms with E-state index in [1.54, 1.807) is 14.2 Å². The zero-order valence-corrected chi connectivity index (χ0v) is 24.2. The molecule has 0 spiro atoms. The highest BCUT2D eigenvalue weighted by Crippen LogP contribution is 2.37. The number of aromatic nitrogens is 2. The van der Waals surface area contributed by atoms with E-state index in [0.29, 0.717) is 0 Å². The highest BCUT2D eigenvalue weighted by molar-refractivity contribution is 6.05. The maximum atomic E-state index is 5.79. The number of H-pyrrole nitrogens is 1. The van der Waals surface area contributed by atoms with Crippen molar-refractivity contribution in [3.8, 4) is 11.5 Å². The van der Waals surface area contributed by atoms with Gasteiger partial charge in [-0.1, -0.05) is 92.7 Å². The monoisotopic (exact) mass is 540 g/mol. The van der Waals surface area contributed by atoms with Crippen molar-refractivity contribution in [2.75, 3.05) is 14.2 Å². The van der Waals surface area contributed by atoms with E-state index in [-0.39, 0.29) is 0 Å². The summed E-state index contributed by atoms with van der Waals surface area (Å²) in [7, 11) is 3.50. The molecule has 4 heteroatoms. The summed E-state index contributed by atoms with van der Waals surface area (Å²) in [6.45, 7) is 5.24. The van der Waals surface area contributed by atoms with Crippen LogP contribution in [0.4, 0.5) is 0 Å². The van der Waals surface area contributed by atoms with Gasteiger partial charge in [-0.05, 0) is 53.4 Å². The Kier molecular flexibility index (Phi) is 7.39. The van der Waals surface area contributed by atoms with E-state index in [4.69, 9.17) is 9.47 Å². The molecule has 0 unspecified atom stereocenters. The Hall–Kier alpha value is -4.70. The summed E-state index contributed by atoms with van der Waals surface area (Å²) in [5, 5.41) is 7.14. The predicted octanol–water partition coefficient (Wildman–Crippen LogP) is 9.31. The minimum Gasteiger partial charge on any atom is -0.495 e. The summed E-state index contributed by atoms with van der Waals surface area (Å²) in [5.41, 5.74) is 6.29. The van der Waals surface area contributed by atoms with Crippen LogP contribution >= 0.6 is 0 Å². The number of benzene rings is 5. The number of aryl methyl sites for hydroxylation is 2. The van der Waals surface area contributed by atoms with Crippen LogP contribution in [0.15, 0.2) is 103 Å². The van der Waals surface area contributed by atoms with Gasteiger partial charge in [0.25, 0.3) is 0 Å². The molecule has 0 fully saturated rings. The third kappa shape index (κ3) is 4.91. The van der Waals surface area contributed by atoms with E-state index in [1.807, 2.05) is 6.07 Å². The van der Waals surface area contributed by atoms with Gasteiger partial charge in [-0.15, -0.1) is 0 Å². The highest BCUT2D eigenvalue weighted by atomic mass is 16.5. The number of nitrogens with zero attached hydrogens (tertiary/aromatic N) is 1. The molecule has 206 valence electrons. The number of methoxy groups -OCH3 is 2. The Morgan fingerprint density at radius 2 is 1.22 bits per heavy atom. The number of fused-ring (bicyclic) bond motifs is 4. The molecular formula is C37H36N2O2. The molecule has 0 aliphatic heterocycles. The second kappa shape index (κ2) is 11.4. The Morgan fingerprint density at radius 3 is 1.85 bits per heavy atom. The average molecular weight is 541 g/mol. The van der Waals surface area contributed by atoms with Crippen molar-refractivity contribution in [3.63, 3.8) is 0 Å². The first-order chi connectivity index (χ1) is 20.1. The molecule has 1 N–H and O–H groups in total. The van der Waals surface area contributed by atoms with Gasteiger partial charge in [-0.3, -0.25) is 0 Å². The molecule has 7 rings (SSSR count). The van der Waals surface area contributed by atoms with Crippen molar-refractivity contribution in [1.29, 1.82) is 0 Å². The lowest BCUT2D eigenvalue weighted by molar-refractivity contribution is 0.424. The van der Waals surface area contributed by atoms with Crippen molar-refractivity contribution >= 4 is 43.4 Å². The fourth-order valence-electron chi connectivity index (χ4n) is 5.91. The maximum Gasteiger partial charge on any atom is 0.136 e. The first-order valence-electron chi connectivity index (χ1n) is 14.3. The zero-order valence-electron chi connectivity index (χ0n) is 24.2. The number of rotatable bonds is 6. The van der Waals surface area contributed by atoms with E-state index in [2.05, 4.69) is 120 Å². The van der Waals surface area contributed by atoms with Crippen LogP contribution in [0.5, 0.6) is 11.5 Å². The summed E-state index contributed by atoms with van der Waals surface area (Å²) >= 11 is 0.